The maximum Gasteiger partial charge on any atom is 0.301 e. The summed E-state index contributed by atoms with van der Waals surface area (Å²) >= 11 is 1.15. The third-order valence-corrected chi connectivity index (χ3v) is 4.64. The Morgan fingerprint density at radius 2 is 1.96 bits per heavy atom. The molecule has 10 heteroatoms. The summed E-state index contributed by atoms with van der Waals surface area (Å²) in [5.41, 5.74) is 0.622. The fourth-order valence-corrected chi connectivity index (χ4v) is 3.24. The lowest BCUT2D eigenvalue weighted by atomic mass is 10.3. The van der Waals surface area contributed by atoms with E-state index in [1.807, 2.05) is 0 Å². The number of aromatic nitrogens is 1. The van der Waals surface area contributed by atoms with Gasteiger partial charge in [-0.1, -0.05) is 11.8 Å². The molecule has 2 N–H and O–H groups in total. The van der Waals surface area contributed by atoms with E-state index in [0.717, 1.165) is 21.6 Å². The number of benzene rings is 1. The van der Waals surface area contributed by atoms with Crippen LogP contribution < -0.4 is 5.32 Å². The van der Waals surface area contributed by atoms with Gasteiger partial charge >= 0.3 is 5.69 Å². The molecule has 0 saturated heterocycles. The topological polar surface area (TPSA) is 126 Å². The summed E-state index contributed by atoms with van der Waals surface area (Å²) in [4.78, 5) is 40.1. The minimum Gasteiger partial charge on any atom is -0.395 e. The van der Waals surface area contributed by atoms with Gasteiger partial charge in [-0.05, 0) is 30.3 Å². The number of β-amino-alcohol motifs (C(OH)–C–C–N with tert-alkyl or cyclic N) is 1. The number of anilines is 1. The molecule has 0 spiro atoms. The zero-order chi connectivity index (χ0) is 19.4. The summed E-state index contributed by atoms with van der Waals surface area (Å²) in [7, 11) is 0. The normalized spacial score (nSPS) is 13.7. The standard InChI is InChI=1S/C17H14N4O5S/c22-9-8-20-15(23)10-13(17(20)24)19-11-3-5-12(6-4-11)27-16-14(21(25)26)2-1-7-18-16/h1-7,10,19,22H,8-9H2. The Balaban J connectivity index is 1.70. The Morgan fingerprint density at radius 3 is 2.63 bits per heavy atom. The van der Waals surface area contributed by atoms with Crippen LogP contribution in [0.4, 0.5) is 11.4 Å². The molecule has 0 radical (unpaired) electrons. The van der Waals surface area contributed by atoms with Crippen molar-refractivity contribution in [2.75, 3.05) is 18.5 Å². The Bertz CT molecular complexity index is 929. The van der Waals surface area contributed by atoms with Crippen molar-refractivity contribution < 1.29 is 19.6 Å². The molecule has 3 rings (SSSR count). The van der Waals surface area contributed by atoms with Crippen LogP contribution in [0.15, 0.2) is 64.3 Å². The Labute approximate surface area is 157 Å². The SMILES string of the molecule is O=C1C=C(Nc2ccc(Sc3ncccc3[N+](=O)[O-])cc2)C(=O)N1CCO. The molecular formula is C17H14N4O5S. The number of hydrogen-bond acceptors (Lipinski definition) is 8. The van der Waals surface area contributed by atoms with E-state index in [9.17, 15) is 19.7 Å². The van der Waals surface area contributed by atoms with Crippen molar-refractivity contribution in [2.45, 2.75) is 9.92 Å². The van der Waals surface area contributed by atoms with Crippen molar-refractivity contribution in [3.63, 3.8) is 0 Å². The Morgan fingerprint density at radius 1 is 1.22 bits per heavy atom. The fourth-order valence-electron chi connectivity index (χ4n) is 2.38. The van der Waals surface area contributed by atoms with Gasteiger partial charge in [0.25, 0.3) is 11.8 Å². The highest BCUT2D eigenvalue weighted by Gasteiger charge is 2.30. The lowest BCUT2D eigenvalue weighted by Crippen LogP contribution is -2.34. The third-order valence-electron chi connectivity index (χ3n) is 3.63. The molecule has 27 heavy (non-hydrogen) atoms. The molecule has 138 valence electrons. The average molecular weight is 386 g/mol. The zero-order valence-electron chi connectivity index (χ0n) is 13.9. The predicted octanol–water partition coefficient (Wildman–Crippen LogP) is 1.80. The van der Waals surface area contributed by atoms with Crippen molar-refractivity contribution in [3.05, 3.63) is 64.5 Å². The van der Waals surface area contributed by atoms with Crippen LogP contribution in [0.1, 0.15) is 0 Å². The maximum atomic E-state index is 12.1. The highest BCUT2D eigenvalue weighted by molar-refractivity contribution is 7.99. The number of amides is 2. The van der Waals surface area contributed by atoms with Gasteiger partial charge in [0, 0.05) is 28.9 Å². The van der Waals surface area contributed by atoms with E-state index in [-0.39, 0.29) is 29.6 Å². The predicted molar refractivity (Wildman–Crippen MR) is 97.0 cm³/mol. The first kappa shape index (κ1) is 18.5. The van der Waals surface area contributed by atoms with Gasteiger partial charge < -0.3 is 10.4 Å². The van der Waals surface area contributed by atoms with Crippen molar-refractivity contribution in [2.24, 2.45) is 0 Å². The third kappa shape index (κ3) is 4.13. The lowest BCUT2D eigenvalue weighted by Gasteiger charge is -2.13. The molecule has 1 aromatic carbocycles. The van der Waals surface area contributed by atoms with Crippen molar-refractivity contribution in [3.8, 4) is 0 Å². The number of imide groups is 1. The van der Waals surface area contributed by atoms with Crippen LogP contribution in [0.3, 0.4) is 0 Å². The van der Waals surface area contributed by atoms with Crippen LogP contribution in [0.2, 0.25) is 0 Å². The highest BCUT2D eigenvalue weighted by Crippen LogP contribution is 2.33. The van der Waals surface area contributed by atoms with E-state index < -0.39 is 16.7 Å². The first-order chi connectivity index (χ1) is 13.0. The van der Waals surface area contributed by atoms with Gasteiger partial charge in [-0.15, -0.1) is 0 Å². The van der Waals surface area contributed by atoms with Crippen LogP contribution in [0.25, 0.3) is 0 Å². The molecule has 0 bridgehead atoms. The number of carbonyl (C=O) groups excluding carboxylic acids is 2. The van der Waals surface area contributed by atoms with Gasteiger partial charge in [0.1, 0.15) is 5.70 Å². The monoisotopic (exact) mass is 386 g/mol. The summed E-state index contributed by atoms with van der Waals surface area (Å²) in [5, 5.41) is 23.1. The van der Waals surface area contributed by atoms with E-state index in [1.165, 1.54) is 24.4 Å². The number of rotatable bonds is 7. The van der Waals surface area contributed by atoms with E-state index in [1.54, 1.807) is 24.3 Å². The number of aliphatic hydroxyl groups is 1. The molecular weight excluding hydrogens is 372 g/mol. The molecule has 2 amide bonds. The molecule has 0 unspecified atom stereocenters. The number of carbonyl (C=O) groups is 2. The van der Waals surface area contributed by atoms with Crippen molar-refractivity contribution >= 4 is 35.0 Å². The molecule has 9 nitrogen and oxygen atoms in total. The summed E-state index contributed by atoms with van der Waals surface area (Å²) < 4.78 is 0. The van der Waals surface area contributed by atoms with Gasteiger partial charge in [-0.25, -0.2) is 4.98 Å². The van der Waals surface area contributed by atoms with Gasteiger partial charge in [-0.3, -0.25) is 24.6 Å². The zero-order valence-corrected chi connectivity index (χ0v) is 14.7. The second kappa shape index (κ2) is 7.98. The molecule has 0 saturated carbocycles. The van der Waals surface area contributed by atoms with Gasteiger partial charge in [0.2, 0.25) is 0 Å². The summed E-state index contributed by atoms with van der Waals surface area (Å²) in [6.45, 7) is -0.359. The lowest BCUT2D eigenvalue weighted by molar-refractivity contribution is -0.388. The highest BCUT2D eigenvalue weighted by atomic mass is 32.2. The van der Waals surface area contributed by atoms with Crippen LogP contribution in [-0.2, 0) is 9.59 Å². The number of hydrogen-bond donors (Lipinski definition) is 2. The van der Waals surface area contributed by atoms with E-state index in [0.29, 0.717) is 5.69 Å². The second-order valence-corrected chi connectivity index (χ2v) is 6.48. The number of aliphatic hydroxyl groups excluding tert-OH is 1. The number of nitro groups is 1. The van der Waals surface area contributed by atoms with E-state index >= 15 is 0 Å². The molecule has 0 fully saturated rings. The van der Waals surface area contributed by atoms with Crippen LogP contribution in [-0.4, -0.2) is 44.9 Å². The Hall–Kier alpha value is -3.24. The number of nitrogens with one attached hydrogen (secondary N) is 1. The minimum absolute atomic E-state index is 0.0578. The van der Waals surface area contributed by atoms with Crippen LogP contribution >= 0.6 is 11.8 Å². The summed E-state index contributed by atoms with van der Waals surface area (Å²) in [5.74, 6) is -0.984. The summed E-state index contributed by atoms with van der Waals surface area (Å²) in [6.07, 6.45) is 2.66. The average Bonchev–Trinajstić information content (AvgIpc) is 2.91. The second-order valence-electron chi connectivity index (χ2n) is 5.41. The largest absolute Gasteiger partial charge is 0.395 e. The number of pyridine rings is 1. The van der Waals surface area contributed by atoms with Crippen LogP contribution in [0.5, 0.6) is 0 Å². The molecule has 1 aliphatic heterocycles. The fraction of sp³-hybridized carbons (Fsp3) is 0.118. The van der Waals surface area contributed by atoms with Gasteiger partial charge in [0.15, 0.2) is 5.03 Å². The first-order valence-corrected chi connectivity index (χ1v) is 8.64. The molecule has 0 aliphatic carbocycles. The Kier molecular flexibility index (Phi) is 5.48. The maximum absolute atomic E-state index is 12.1. The van der Waals surface area contributed by atoms with Gasteiger partial charge in [0.05, 0.1) is 18.1 Å². The molecule has 2 heterocycles. The van der Waals surface area contributed by atoms with E-state index in [2.05, 4.69) is 10.3 Å². The van der Waals surface area contributed by atoms with E-state index in [4.69, 9.17) is 5.11 Å². The molecule has 1 aliphatic rings. The van der Waals surface area contributed by atoms with Crippen molar-refractivity contribution in [1.82, 2.24) is 9.88 Å². The first-order valence-electron chi connectivity index (χ1n) is 7.82. The van der Waals surface area contributed by atoms with Crippen molar-refractivity contribution in [1.29, 1.82) is 0 Å². The minimum atomic E-state index is -0.503. The molecule has 0 atom stereocenters. The number of nitrogens with zero attached hydrogens (tertiary/aromatic N) is 3. The smallest absolute Gasteiger partial charge is 0.301 e. The van der Waals surface area contributed by atoms with Gasteiger partial charge in [-0.2, -0.15) is 0 Å². The molecule has 1 aromatic heterocycles. The quantitative estimate of drug-likeness (QED) is 0.419. The molecule has 2 aromatic rings. The summed E-state index contributed by atoms with van der Waals surface area (Å²) in [6, 6.07) is 9.70. The van der Waals surface area contributed by atoms with Crippen LogP contribution in [0, 0.1) is 10.1 Å².